The molecule has 2 aromatic rings. The zero-order valence-electron chi connectivity index (χ0n) is 11.6. The topological polar surface area (TPSA) is 42.4 Å². The number of aromatic nitrogens is 1. The molecule has 0 fully saturated rings. The number of esters is 1. The van der Waals surface area contributed by atoms with Crippen LogP contribution in [0.4, 0.5) is 0 Å². The number of carbonyl (C=O) groups is 1. The standard InChI is InChI=1S/C15H15BrN2O2/c1-18(2)8-6-10-12(15(19)20-3)9-13(16)11-5-4-7-17-14(10)11/h4-9H,1-3H3. The highest BCUT2D eigenvalue weighted by molar-refractivity contribution is 9.10. The van der Waals surface area contributed by atoms with E-state index in [1.165, 1.54) is 7.11 Å². The monoisotopic (exact) mass is 334 g/mol. The smallest absolute Gasteiger partial charge is 0.338 e. The molecule has 1 heterocycles. The van der Waals surface area contributed by atoms with Crippen LogP contribution in [0.2, 0.25) is 0 Å². The van der Waals surface area contributed by atoms with Gasteiger partial charge < -0.3 is 9.64 Å². The summed E-state index contributed by atoms with van der Waals surface area (Å²) in [5.74, 6) is -0.378. The van der Waals surface area contributed by atoms with Crippen LogP contribution in [0.1, 0.15) is 15.9 Å². The molecule has 0 saturated heterocycles. The third kappa shape index (κ3) is 2.82. The Labute approximate surface area is 126 Å². The zero-order chi connectivity index (χ0) is 14.7. The Morgan fingerprint density at radius 3 is 2.85 bits per heavy atom. The number of methoxy groups -OCH3 is 1. The van der Waals surface area contributed by atoms with Gasteiger partial charge in [-0.25, -0.2) is 4.79 Å². The van der Waals surface area contributed by atoms with Crippen molar-refractivity contribution in [2.45, 2.75) is 0 Å². The van der Waals surface area contributed by atoms with Gasteiger partial charge in [0.2, 0.25) is 0 Å². The first-order chi connectivity index (χ1) is 9.54. The van der Waals surface area contributed by atoms with Gasteiger partial charge in [0.05, 0.1) is 18.2 Å². The number of carbonyl (C=O) groups excluding carboxylic acids is 1. The van der Waals surface area contributed by atoms with Crippen LogP contribution in [0.5, 0.6) is 0 Å². The first-order valence-electron chi connectivity index (χ1n) is 6.04. The van der Waals surface area contributed by atoms with Crippen LogP contribution < -0.4 is 0 Å². The van der Waals surface area contributed by atoms with Gasteiger partial charge in [0.25, 0.3) is 0 Å². The summed E-state index contributed by atoms with van der Waals surface area (Å²) in [6.45, 7) is 0. The molecule has 5 heteroatoms. The Hall–Kier alpha value is -1.88. The molecule has 20 heavy (non-hydrogen) atoms. The fourth-order valence-electron chi connectivity index (χ4n) is 1.89. The van der Waals surface area contributed by atoms with Gasteiger partial charge in [-0.15, -0.1) is 0 Å². The molecule has 0 N–H and O–H groups in total. The van der Waals surface area contributed by atoms with Gasteiger partial charge in [0.15, 0.2) is 0 Å². The van der Waals surface area contributed by atoms with E-state index in [4.69, 9.17) is 4.74 Å². The summed E-state index contributed by atoms with van der Waals surface area (Å²) in [6, 6.07) is 5.59. The van der Waals surface area contributed by atoms with Crippen molar-refractivity contribution in [1.82, 2.24) is 9.88 Å². The molecule has 0 saturated carbocycles. The molecular weight excluding hydrogens is 320 g/mol. The van der Waals surface area contributed by atoms with E-state index in [-0.39, 0.29) is 5.97 Å². The maximum Gasteiger partial charge on any atom is 0.338 e. The molecule has 0 aliphatic rings. The second-order valence-electron chi connectivity index (χ2n) is 4.49. The summed E-state index contributed by atoms with van der Waals surface area (Å²) in [5, 5.41) is 0.957. The number of ether oxygens (including phenoxy) is 1. The van der Waals surface area contributed by atoms with E-state index in [2.05, 4.69) is 20.9 Å². The summed E-state index contributed by atoms with van der Waals surface area (Å²) in [6.07, 6.45) is 5.46. The van der Waals surface area contributed by atoms with E-state index in [0.29, 0.717) is 5.56 Å². The van der Waals surface area contributed by atoms with Crippen molar-refractivity contribution in [3.8, 4) is 0 Å². The van der Waals surface area contributed by atoms with Gasteiger partial charge in [0.1, 0.15) is 0 Å². The fourth-order valence-corrected chi connectivity index (χ4v) is 2.44. The molecule has 1 aromatic carbocycles. The van der Waals surface area contributed by atoms with Crippen molar-refractivity contribution in [3.05, 3.63) is 46.2 Å². The predicted octanol–water partition coefficient (Wildman–Crippen LogP) is 3.32. The number of fused-ring (bicyclic) bond motifs is 1. The molecule has 0 bridgehead atoms. The van der Waals surface area contributed by atoms with Crippen LogP contribution in [0.15, 0.2) is 35.1 Å². The minimum absolute atomic E-state index is 0.378. The van der Waals surface area contributed by atoms with Crippen LogP contribution in [-0.2, 0) is 4.74 Å². The van der Waals surface area contributed by atoms with Crippen LogP contribution in [0.3, 0.4) is 0 Å². The Bertz CT molecular complexity index is 681. The normalized spacial score (nSPS) is 11.0. The molecule has 0 unspecified atom stereocenters. The Morgan fingerprint density at radius 2 is 2.20 bits per heavy atom. The SMILES string of the molecule is COC(=O)c1cc(Br)c2cccnc2c1C=CN(C)C. The van der Waals surface area contributed by atoms with Gasteiger partial charge in [-0.2, -0.15) is 0 Å². The molecule has 0 amide bonds. The maximum atomic E-state index is 12.0. The summed E-state index contributed by atoms with van der Waals surface area (Å²) in [7, 11) is 5.21. The lowest BCUT2D eigenvalue weighted by molar-refractivity contribution is 0.0600. The highest BCUT2D eigenvalue weighted by Gasteiger charge is 2.16. The van der Waals surface area contributed by atoms with Crippen LogP contribution in [-0.4, -0.2) is 37.1 Å². The van der Waals surface area contributed by atoms with Gasteiger partial charge in [-0.1, -0.05) is 22.0 Å². The van der Waals surface area contributed by atoms with E-state index in [0.717, 1.165) is 20.9 Å². The van der Waals surface area contributed by atoms with Gasteiger partial charge in [0, 0.05) is 35.7 Å². The number of rotatable bonds is 3. The molecule has 104 valence electrons. The van der Waals surface area contributed by atoms with E-state index in [1.54, 1.807) is 12.3 Å². The molecule has 0 aliphatic carbocycles. The van der Waals surface area contributed by atoms with Crippen molar-refractivity contribution in [2.75, 3.05) is 21.2 Å². The van der Waals surface area contributed by atoms with Crippen molar-refractivity contribution >= 4 is 38.9 Å². The molecule has 4 nitrogen and oxygen atoms in total. The quantitative estimate of drug-likeness (QED) is 0.807. The Kier molecular flexibility index (Phi) is 4.39. The van der Waals surface area contributed by atoms with Crippen molar-refractivity contribution in [1.29, 1.82) is 0 Å². The fraction of sp³-hybridized carbons (Fsp3) is 0.200. The number of pyridine rings is 1. The number of hydrogen-bond donors (Lipinski definition) is 0. The maximum absolute atomic E-state index is 12.0. The number of hydrogen-bond acceptors (Lipinski definition) is 4. The summed E-state index contributed by atoms with van der Waals surface area (Å²) in [4.78, 5) is 18.2. The molecule has 0 aliphatic heterocycles. The summed E-state index contributed by atoms with van der Waals surface area (Å²) in [5.41, 5.74) is 2.01. The van der Waals surface area contributed by atoms with Crippen molar-refractivity contribution in [3.63, 3.8) is 0 Å². The van der Waals surface area contributed by atoms with E-state index >= 15 is 0 Å². The third-order valence-corrected chi connectivity index (χ3v) is 3.48. The number of halogens is 1. The minimum Gasteiger partial charge on any atom is -0.465 e. The molecule has 0 atom stereocenters. The lowest BCUT2D eigenvalue weighted by atomic mass is 10.0. The third-order valence-electron chi connectivity index (χ3n) is 2.83. The van der Waals surface area contributed by atoms with Gasteiger partial charge in [-0.3, -0.25) is 4.98 Å². The number of nitrogens with zero attached hydrogens (tertiary/aromatic N) is 2. The average molecular weight is 335 g/mol. The molecule has 0 spiro atoms. The molecule has 0 radical (unpaired) electrons. The first kappa shape index (κ1) is 14.5. The highest BCUT2D eigenvalue weighted by Crippen LogP contribution is 2.30. The van der Waals surface area contributed by atoms with Gasteiger partial charge >= 0.3 is 5.97 Å². The first-order valence-corrected chi connectivity index (χ1v) is 6.84. The van der Waals surface area contributed by atoms with Crippen molar-refractivity contribution in [2.24, 2.45) is 0 Å². The Balaban J connectivity index is 2.77. The summed E-state index contributed by atoms with van der Waals surface area (Å²) < 4.78 is 5.67. The number of benzene rings is 1. The second-order valence-corrected chi connectivity index (χ2v) is 5.34. The molecule has 1 aromatic heterocycles. The second kappa shape index (κ2) is 6.05. The van der Waals surface area contributed by atoms with E-state index in [1.807, 2.05) is 43.4 Å². The van der Waals surface area contributed by atoms with Crippen LogP contribution in [0.25, 0.3) is 17.0 Å². The van der Waals surface area contributed by atoms with Crippen LogP contribution in [0, 0.1) is 0 Å². The Morgan fingerprint density at radius 1 is 1.45 bits per heavy atom. The van der Waals surface area contributed by atoms with Crippen LogP contribution >= 0.6 is 15.9 Å². The average Bonchev–Trinajstić information content (AvgIpc) is 2.45. The molecule has 2 rings (SSSR count). The van der Waals surface area contributed by atoms with E-state index < -0.39 is 0 Å². The minimum atomic E-state index is -0.378. The highest BCUT2D eigenvalue weighted by atomic mass is 79.9. The molecular formula is C15H15BrN2O2. The zero-order valence-corrected chi connectivity index (χ0v) is 13.1. The predicted molar refractivity (Wildman–Crippen MR) is 83.5 cm³/mol. The summed E-state index contributed by atoms with van der Waals surface area (Å²) >= 11 is 3.48. The van der Waals surface area contributed by atoms with Gasteiger partial charge in [-0.05, 0) is 24.4 Å². The van der Waals surface area contributed by atoms with E-state index in [9.17, 15) is 4.79 Å². The lowest BCUT2D eigenvalue weighted by Gasteiger charge is -2.11. The van der Waals surface area contributed by atoms with Crippen molar-refractivity contribution < 1.29 is 9.53 Å². The largest absolute Gasteiger partial charge is 0.465 e. The lowest BCUT2D eigenvalue weighted by Crippen LogP contribution is -2.06.